The highest BCUT2D eigenvalue weighted by molar-refractivity contribution is 7.18. The number of ether oxygens (including phenoxy) is 1. The average Bonchev–Trinajstić information content (AvgIpc) is 3.04. The van der Waals surface area contributed by atoms with Gasteiger partial charge in [0, 0.05) is 17.0 Å². The van der Waals surface area contributed by atoms with Crippen LogP contribution in [0, 0.1) is 10.1 Å². The monoisotopic (exact) mass is 274 g/mol. The van der Waals surface area contributed by atoms with Gasteiger partial charge in [-0.15, -0.1) is 0 Å². The van der Waals surface area contributed by atoms with E-state index in [0.29, 0.717) is 0 Å². The summed E-state index contributed by atoms with van der Waals surface area (Å²) in [6.45, 7) is 0. The minimum absolute atomic E-state index is 0.145. The van der Waals surface area contributed by atoms with E-state index < -0.39 is 0 Å². The van der Waals surface area contributed by atoms with E-state index in [-0.39, 0.29) is 9.92 Å². The van der Waals surface area contributed by atoms with Gasteiger partial charge in [0.25, 0.3) is 0 Å². The molecule has 2 aromatic heterocycles. The molecule has 2 heterocycles. The van der Waals surface area contributed by atoms with Crippen LogP contribution >= 0.6 is 11.3 Å². The van der Waals surface area contributed by atoms with Gasteiger partial charge >= 0.3 is 5.00 Å². The zero-order valence-electron chi connectivity index (χ0n) is 10.0. The Morgan fingerprint density at radius 1 is 1.26 bits per heavy atom. The van der Waals surface area contributed by atoms with Crippen LogP contribution in [0.5, 0.6) is 5.75 Å². The van der Waals surface area contributed by atoms with Crippen molar-refractivity contribution in [2.24, 2.45) is 0 Å². The van der Waals surface area contributed by atoms with Crippen molar-refractivity contribution in [3.63, 3.8) is 0 Å². The number of methoxy groups -OCH3 is 1. The van der Waals surface area contributed by atoms with Crippen molar-refractivity contribution in [3.8, 4) is 16.3 Å². The number of nitro groups is 1. The quantitative estimate of drug-likeness (QED) is 0.583. The maximum absolute atomic E-state index is 10.7. The first-order valence-corrected chi connectivity index (χ1v) is 6.40. The molecule has 5 nitrogen and oxygen atoms in total. The zero-order valence-corrected chi connectivity index (χ0v) is 10.9. The number of nitrogens with zero attached hydrogens (tertiary/aromatic N) is 1. The molecule has 3 rings (SSSR count). The average molecular weight is 274 g/mol. The van der Waals surface area contributed by atoms with Gasteiger partial charge in [0.1, 0.15) is 5.75 Å². The molecule has 0 saturated carbocycles. The van der Waals surface area contributed by atoms with E-state index in [1.54, 1.807) is 13.2 Å². The molecule has 0 atom stereocenters. The largest absolute Gasteiger partial charge is 0.497 e. The number of H-pyrrole nitrogens is 1. The van der Waals surface area contributed by atoms with Crippen molar-refractivity contribution in [1.82, 2.24) is 4.98 Å². The standard InChI is InChI=1S/C13H10N2O3S/c1-18-9-2-3-10-8(6-9)7-11(14-10)12-4-5-13(19-12)15(16)17/h2-7,14H,1H3. The minimum atomic E-state index is -0.375. The predicted molar refractivity (Wildman–Crippen MR) is 74.8 cm³/mol. The maximum Gasteiger partial charge on any atom is 0.324 e. The summed E-state index contributed by atoms with van der Waals surface area (Å²) >= 11 is 1.16. The van der Waals surface area contributed by atoms with Crippen LogP contribution in [-0.2, 0) is 0 Å². The van der Waals surface area contributed by atoms with Gasteiger partial charge in [0.2, 0.25) is 0 Å². The number of nitrogens with one attached hydrogen (secondary N) is 1. The van der Waals surface area contributed by atoms with Crippen molar-refractivity contribution in [2.45, 2.75) is 0 Å². The second-order valence-corrected chi connectivity index (χ2v) is 5.09. The van der Waals surface area contributed by atoms with E-state index in [0.717, 1.165) is 38.6 Å². The summed E-state index contributed by atoms with van der Waals surface area (Å²) < 4.78 is 5.17. The smallest absolute Gasteiger partial charge is 0.324 e. The van der Waals surface area contributed by atoms with Crippen molar-refractivity contribution >= 4 is 27.2 Å². The third-order valence-electron chi connectivity index (χ3n) is 2.87. The van der Waals surface area contributed by atoms with Gasteiger partial charge in [-0.3, -0.25) is 10.1 Å². The third kappa shape index (κ3) is 2.06. The first-order valence-electron chi connectivity index (χ1n) is 5.59. The Morgan fingerprint density at radius 2 is 2.11 bits per heavy atom. The maximum atomic E-state index is 10.7. The summed E-state index contributed by atoms with van der Waals surface area (Å²) in [7, 11) is 1.62. The lowest BCUT2D eigenvalue weighted by Gasteiger charge is -1.97. The molecule has 0 fully saturated rings. The lowest BCUT2D eigenvalue weighted by Crippen LogP contribution is -1.80. The Bertz CT molecular complexity index is 760. The molecule has 0 bridgehead atoms. The number of thiophene rings is 1. The summed E-state index contributed by atoms with van der Waals surface area (Å²) in [5.74, 6) is 0.787. The fourth-order valence-corrected chi connectivity index (χ4v) is 2.73. The van der Waals surface area contributed by atoms with E-state index in [9.17, 15) is 10.1 Å². The topological polar surface area (TPSA) is 68.2 Å². The zero-order chi connectivity index (χ0) is 13.4. The Labute approximate surface area is 112 Å². The number of fused-ring (bicyclic) bond motifs is 1. The van der Waals surface area contributed by atoms with Crippen LogP contribution in [0.3, 0.4) is 0 Å². The van der Waals surface area contributed by atoms with Gasteiger partial charge in [0.05, 0.1) is 22.6 Å². The highest BCUT2D eigenvalue weighted by Crippen LogP contribution is 2.34. The van der Waals surface area contributed by atoms with E-state index in [2.05, 4.69) is 4.98 Å². The number of aromatic nitrogens is 1. The number of hydrogen-bond acceptors (Lipinski definition) is 4. The summed E-state index contributed by atoms with van der Waals surface area (Å²) in [5, 5.41) is 11.9. The van der Waals surface area contributed by atoms with Crippen molar-refractivity contribution in [3.05, 3.63) is 46.5 Å². The van der Waals surface area contributed by atoms with Crippen LogP contribution in [-0.4, -0.2) is 17.0 Å². The van der Waals surface area contributed by atoms with Crippen LogP contribution in [0.4, 0.5) is 5.00 Å². The molecule has 19 heavy (non-hydrogen) atoms. The van der Waals surface area contributed by atoms with Gasteiger partial charge < -0.3 is 9.72 Å². The van der Waals surface area contributed by atoms with Gasteiger partial charge in [-0.2, -0.15) is 0 Å². The van der Waals surface area contributed by atoms with Crippen molar-refractivity contribution < 1.29 is 9.66 Å². The van der Waals surface area contributed by atoms with E-state index in [4.69, 9.17) is 4.74 Å². The molecule has 0 aliphatic carbocycles. The Morgan fingerprint density at radius 3 is 2.79 bits per heavy atom. The molecule has 96 valence electrons. The highest BCUT2D eigenvalue weighted by Gasteiger charge is 2.12. The summed E-state index contributed by atoms with van der Waals surface area (Å²) in [6.07, 6.45) is 0. The van der Waals surface area contributed by atoms with Gasteiger partial charge in [-0.05, 0) is 30.3 Å². The van der Waals surface area contributed by atoms with Crippen LogP contribution in [0.1, 0.15) is 0 Å². The number of aromatic amines is 1. The van der Waals surface area contributed by atoms with Gasteiger partial charge in [-0.1, -0.05) is 11.3 Å². The van der Waals surface area contributed by atoms with E-state index in [1.807, 2.05) is 24.3 Å². The molecule has 0 aliphatic rings. The first-order chi connectivity index (χ1) is 9.17. The molecule has 0 saturated heterocycles. The number of rotatable bonds is 3. The molecule has 0 aliphatic heterocycles. The molecule has 0 unspecified atom stereocenters. The second-order valence-electron chi connectivity index (χ2n) is 4.03. The Kier molecular flexibility index (Phi) is 2.72. The molecule has 0 amide bonds. The highest BCUT2D eigenvalue weighted by atomic mass is 32.1. The predicted octanol–water partition coefficient (Wildman–Crippen LogP) is 3.81. The van der Waals surface area contributed by atoms with Crippen LogP contribution in [0.15, 0.2) is 36.4 Å². The minimum Gasteiger partial charge on any atom is -0.497 e. The molecular weight excluding hydrogens is 264 g/mol. The van der Waals surface area contributed by atoms with Crippen LogP contribution in [0.25, 0.3) is 21.5 Å². The first kappa shape index (κ1) is 11.7. The fourth-order valence-electron chi connectivity index (χ4n) is 1.94. The molecule has 1 aromatic carbocycles. The van der Waals surface area contributed by atoms with Gasteiger partial charge in [-0.25, -0.2) is 0 Å². The van der Waals surface area contributed by atoms with Crippen LogP contribution < -0.4 is 4.74 Å². The summed E-state index contributed by atoms with van der Waals surface area (Å²) in [6, 6.07) is 11.0. The van der Waals surface area contributed by atoms with E-state index in [1.165, 1.54) is 6.07 Å². The Hall–Kier alpha value is -2.34. The number of hydrogen-bond donors (Lipinski definition) is 1. The lowest BCUT2D eigenvalue weighted by molar-refractivity contribution is -0.380. The summed E-state index contributed by atoms with van der Waals surface area (Å²) in [4.78, 5) is 14.4. The lowest BCUT2D eigenvalue weighted by atomic mass is 10.2. The fraction of sp³-hybridized carbons (Fsp3) is 0.0769. The molecular formula is C13H10N2O3S. The normalized spacial score (nSPS) is 10.8. The van der Waals surface area contributed by atoms with Crippen molar-refractivity contribution in [1.29, 1.82) is 0 Å². The molecule has 0 spiro atoms. The molecule has 0 radical (unpaired) electrons. The van der Waals surface area contributed by atoms with Crippen LogP contribution in [0.2, 0.25) is 0 Å². The summed E-state index contributed by atoms with van der Waals surface area (Å²) in [5.41, 5.74) is 1.85. The third-order valence-corrected chi connectivity index (χ3v) is 3.94. The Balaban J connectivity index is 2.06. The SMILES string of the molecule is COc1ccc2[nH]c(-c3ccc([N+](=O)[O-])s3)cc2c1. The van der Waals surface area contributed by atoms with Crippen molar-refractivity contribution in [2.75, 3.05) is 7.11 Å². The van der Waals surface area contributed by atoms with E-state index >= 15 is 0 Å². The molecule has 6 heteroatoms. The number of benzene rings is 1. The molecule has 3 aromatic rings. The van der Waals surface area contributed by atoms with Gasteiger partial charge in [0.15, 0.2) is 0 Å². The second kappa shape index (κ2) is 4.40. The molecule has 1 N–H and O–H groups in total.